The maximum absolute atomic E-state index is 12.7. The first kappa shape index (κ1) is 13.8. The van der Waals surface area contributed by atoms with E-state index in [0.29, 0.717) is 5.69 Å². The van der Waals surface area contributed by atoms with Crippen LogP contribution >= 0.6 is 0 Å². The Morgan fingerprint density at radius 3 is 2.55 bits per heavy atom. The van der Waals surface area contributed by atoms with Gasteiger partial charge in [0.15, 0.2) is 5.82 Å². The Labute approximate surface area is 113 Å². The topological polar surface area (TPSA) is 52.8 Å². The first-order chi connectivity index (χ1) is 9.43. The van der Waals surface area contributed by atoms with E-state index in [-0.39, 0.29) is 11.4 Å². The van der Waals surface area contributed by atoms with Crippen LogP contribution in [0.1, 0.15) is 11.3 Å². The highest BCUT2D eigenvalue weighted by Crippen LogP contribution is 2.31. The molecule has 0 fully saturated rings. The van der Waals surface area contributed by atoms with Crippen LogP contribution in [0.3, 0.4) is 0 Å². The Bertz CT molecular complexity index is 647. The van der Waals surface area contributed by atoms with E-state index in [2.05, 4.69) is 9.97 Å². The predicted molar refractivity (Wildman–Crippen MR) is 66.3 cm³/mol. The van der Waals surface area contributed by atoms with Crippen molar-refractivity contribution in [2.45, 2.75) is 6.18 Å². The molecule has 0 aliphatic heterocycles. The van der Waals surface area contributed by atoms with Crippen molar-refractivity contribution in [3.63, 3.8) is 0 Å². The summed E-state index contributed by atoms with van der Waals surface area (Å²) in [5, 5.41) is 8.99. The highest BCUT2D eigenvalue weighted by atomic mass is 19.4. The summed E-state index contributed by atoms with van der Waals surface area (Å²) in [6.07, 6.45) is -1.54. The molecule has 0 aliphatic carbocycles. The average Bonchev–Trinajstić information content (AvgIpc) is 2.45. The molecule has 0 saturated heterocycles. The minimum absolute atomic E-state index is 0.0596. The smallest absolute Gasteiger partial charge is 0.327 e. The number of nitrogens with zero attached hydrogens (tertiary/aromatic N) is 4. The molecule has 0 aromatic carbocycles. The Morgan fingerprint density at radius 1 is 1.25 bits per heavy atom. The molecule has 2 heterocycles. The molecule has 0 N–H and O–H groups in total. The standard InChI is InChI=1S/C13H9F3N4/c1-20(10-3-2-6-18-8-10)12-9(7-17)4-5-11(19-12)13(14,15)16/h2-6,8H,1H3. The van der Waals surface area contributed by atoms with E-state index >= 15 is 0 Å². The normalized spacial score (nSPS) is 10.9. The minimum Gasteiger partial charge on any atom is -0.327 e. The molecule has 0 bridgehead atoms. The van der Waals surface area contributed by atoms with Crippen molar-refractivity contribution < 1.29 is 13.2 Å². The van der Waals surface area contributed by atoms with Gasteiger partial charge in [-0.25, -0.2) is 4.98 Å². The number of alkyl halides is 3. The lowest BCUT2D eigenvalue weighted by atomic mass is 10.2. The lowest BCUT2D eigenvalue weighted by molar-refractivity contribution is -0.141. The number of anilines is 2. The second-order valence-corrected chi connectivity index (χ2v) is 3.95. The number of hydrogen-bond donors (Lipinski definition) is 0. The van der Waals surface area contributed by atoms with Gasteiger partial charge in [-0.1, -0.05) is 0 Å². The molecule has 0 unspecified atom stereocenters. The minimum atomic E-state index is -4.56. The molecule has 20 heavy (non-hydrogen) atoms. The van der Waals surface area contributed by atoms with Gasteiger partial charge in [-0.2, -0.15) is 18.4 Å². The number of hydrogen-bond acceptors (Lipinski definition) is 4. The summed E-state index contributed by atoms with van der Waals surface area (Å²) >= 11 is 0. The largest absolute Gasteiger partial charge is 0.433 e. The van der Waals surface area contributed by atoms with E-state index in [4.69, 9.17) is 5.26 Å². The summed E-state index contributed by atoms with van der Waals surface area (Å²) in [7, 11) is 1.53. The van der Waals surface area contributed by atoms with Crippen molar-refractivity contribution in [2.24, 2.45) is 0 Å². The van der Waals surface area contributed by atoms with Crippen molar-refractivity contribution >= 4 is 11.5 Å². The fourth-order valence-corrected chi connectivity index (χ4v) is 1.62. The molecule has 0 aliphatic rings. The van der Waals surface area contributed by atoms with Crippen LogP contribution in [-0.2, 0) is 6.18 Å². The molecule has 2 rings (SSSR count). The van der Waals surface area contributed by atoms with E-state index in [0.717, 1.165) is 12.1 Å². The summed E-state index contributed by atoms with van der Waals surface area (Å²) in [6, 6.07) is 7.04. The van der Waals surface area contributed by atoms with Crippen molar-refractivity contribution in [3.05, 3.63) is 47.9 Å². The molecule has 4 nitrogen and oxygen atoms in total. The molecule has 7 heteroatoms. The number of rotatable bonds is 2. The van der Waals surface area contributed by atoms with Crippen molar-refractivity contribution in [3.8, 4) is 6.07 Å². The van der Waals surface area contributed by atoms with Crippen LogP contribution in [-0.4, -0.2) is 17.0 Å². The summed E-state index contributed by atoms with van der Waals surface area (Å²) < 4.78 is 38.1. The summed E-state index contributed by atoms with van der Waals surface area (Å²) in [5.41, 5.74) is -0.442. The maximum Gasteiger partial charge on any atom is 0.433 e. The molecule has 2 aromatic rings. The Balaban J connectivity index is 2.52. The number of halogens is 3. The average molecular weight is 278 g/mol. The zero-order chi connectivity index (χ0) is 14.8. The summed E-state index contributed by atoms with van der Waals surface area (Å²) in [4.78, 5) is 8.81. The van der Waals surface area contributed by atoms with Crippen LogP contribution in [0.15, 0.2) is 36.7 Å². The number of aromatic nitrogens is 2. The highest BCUT2D eigenvalue weighted by Gasteiger charge is 2.33. The van der Waals surface area contributed by atoms with E-state index in [1.807, 2.05) is 6.07 Å². The third-order valence-corrected chi connectivity index (χ3v) is 2.64. The van der Waals surface area contributed by atoms with E-state index in [1.165, 1.54) is 18.1 Å². The maximum atomic E-state index is 12.7. The third-order valence-electron chi connectivity index (χ3n) is 2.64. The number of nitriles is 1. The second kappa shape index (κ2) is 5.17. The summed E-state index contributed by atoms with van der Waals surface area (Å²) in [6.45, 7) is 0. The van der Waals surface area contributed by atoms with Crippen LogP contribution in [0.2, 0.25) is 0 Å². The SMILES string of the molecule is CN(c1cccnc1)c1nc(C(F)(F)F)ccc1C#N. The third kappa shape index (κ3) is 2.69. The van der Waals surface area contributed by atoms with Crippen molar-refractivity contribution in [1.82, 2.24) is 9.97 Å². The van der Waals surface area contributed by atoms with E-state index < -0.39 is 11.9 Å². The van der Waals surface area contributed by atoms with E-state index in [1.54, 1.807) is 18.3 Å². The molecule has 0 atom stereocenters. The zero-order valence-electron chi connectivity index (χ0n) is 10.4. The van der Waals surface area contributed by atoms with Gasteiger partial charge in [-0.05, 0) is 24.3 Å². The van der Waals surface area contributed by atoms with Gasteiger partial charge in [0.05, 0.1) is 17.4 Å². The lowest BCUT2D eigenvalue weighted by Crippen LogP contribution is -2.16. The zero-order valence-corrected chi connectivity index (χ0v) is 10.4. The molecule has 0 spiro atoms. The van der Waals surface area contributed by atoms with Gasteiger partial charge in [0.2, 0.25) is 0 Å². The molecule has 0 amide bonds. The van der Waals surface area contributed by atoms with Crippen LogP contribution in [0.25, 0.3) is 0 Å². The van der Waals surface area contributed by atoms with Gasteiger partial charge in [-0.3, -0.25) is 4.98 Å². The van der Waals surface area contributed by atoms with Crippen LogP contribution in [0, 0.1) is 11.3 Å². The Morgan fingerprint density at radius 2 is 2.00 bits per heavy atom. The monoisotopic (exact) mass is 278 g/mol. The number of pyridine rings is 2. The van der Waals surface area contributed by atoms with Crippen LogP contribution in [0.5, 0.6) is 0 Å². The van der Waals surface area contributed by atoms with Gasteiger partial charge in [-0.15, -0.1) is 0 Å². The lowest BCUT2D eigenvalue weighted by Gasteiger charge is -2.20. The van der Waals surface area contributed by atoms with Gasteiger partial charge >= 0.3 is 6.18 Å². The molecular formula is C13H9F3N4. The van der Waals surface area contributed by atoms with Crippen molar-refractivity contribution in [2.75, 3.05) is 11.9 Å². The highest BCUT2D eigenvalue weighted by molar-refractivity contribution is 5.64. The molecule has 0 radical (unpaired) electrons. The van der Waals surface area contributed by atoms with Crippen LogP contribution in [0.4, 0.5) is 24.7 Å². The van der Waals surface area contributed by atoms with Gasteiger partial charge in [0, 0.05) is 13.2 Å². The first-order valence-corrected chi connectivity index (χ1v) is 5.55. The van der Waals surface area contributed by atoms with Gasteiger partial charge in [0.1, 0.15) is 11.8 Å². The Kier molecular flexibility index (Phi) is 3.57. The molecule has 0 saturated carbocycles. The van der Waals surface area contributed by atoms with Crippen molar-refractivity contribution in [1.29, 1.82) is 5.26 Å². The van der Waals surface area contributed by atoms with Gasteiger partial charge in [0.25, 0.3) is 0 Å². The Hall–Kier alpha value is -2.62. The fourth-order valence-electron chi connectivity index (χ4n) is 1.62. The fraction of sp³-hybridized carbons (Fsp3) is 0.154. The first-order valence-electron chi connectivity index (χ1n) is 5.55. The summed E-state index contributed by atoms with van der Waals surface area (Å²) in [5.74, 6) is -0.0599. The molecular weight excluding hydrogens is 269 g/mol. The van der Waals surface area contributed by atoms with E-state index in [9.17, 15) is 13.2 Å². The van der Waals surface area contributed by atoms with Crippen LogP contribution < -0.4 is 4.90 Å². The second-order valence-electron chi connectivity index (χ2n) is 3.95. The van der Waals surface area contributed by atoms with Gasteiger partial charge < -0.3 is 4.90 Å². The quantitative estimate of drug-likeness (QED) is 0.846. The molecule has 2 aromatic heterocycles. The molecule has 102 valence electrons. The predicted octanol–water partition coefficient (Wildman–Crippen LogP) is 3.13.